The molecule has 1 aliphatic rings. The number of hydrogen-bond acceptors (Lipinski definition) is 5. The monoisotopic (exact) mass is 378 g/mol. The van der Waals surface area contributed by atoms with E-state index < -0.39 is 10.0 Å². The Labute approximate surface area is 150 Å². The van der Waals surface area contributed by atoms with Crippen molar-refractivity contribution in [2.75, 3.05) is 26.3 Å². The highest BCUT2D eigenvalue weighted by Gasteiger charge is 2.33. The Balaban J connectivity index is 0.00000288. The van der Waals surface area contributed by atoms with E-state index in [2.05, 4.69) is 0 Å². The summed E-state index contributed by atoms with van der Waals surface area (Å²) < 4.78 is 38.5. The van der Waals surface area contributed by atoms with Gasteiger partial charge in [0.1, 0.15) is 0 Å². The Morgan fingerprint density at radius 2 is 1.83 bits per heavy atom. The number of nitrogens with zero attached hydrogens (tertiary/aromatic N) is 1. The van der Waals surface area contributed by atoms with Gasteiger partial charge in [-0.25, -0.2) is 8.42 Å². The molecule has 0 spiro atoms. The summed E-state index contributed by atoms with van der Waals surface area (Å²) in [7, 11) is -3.58. The first-order chi connectivity index (χ1) is 11.0. The predicted molar refractivity (Wildman–Crippen MR) is 96.6 cm³/mol. The van der Waals surface area contributed by atoms with Crippen LogP contribution in [0.15, 0.2) is 23.1 Å². The Hall–Kier alpha value is -1.02. The quantitative estimate of drug-likeness (QED) is 0.787. The molecule has 0 radical (unpaired) electrons. The zero-order valence-electron chi connectivity index (χ0n) is 14.2. The molecule has 0 saturated carbocycles. The van der Waals surface area contributed by atoms with Crippen LogP contribution in [0, 0.1) is 0 Å². The van der Waals surface area contributed by atoms with Gasteiger partial charge in [-0.05, 0) is 38.8 Å². The van der Waals surface area contributed by atoms with Crippen LogP contribution in [0.2, 0.25) is 0 Å². The Morgan fingerprint density at radius 3 is 2.46 bits per heavy atom. The van der Waals surface area contributed by atoms with Gasteiger partial charge >= 0.3 is 0 Å². The lowest BCUT2D eigenvalue weighted by molar-refractivity contribution is 0.257. The maximum absolute atomic E-state index is 13.0. The summed E-state index contributed by atoms with van der Waals surface area (Å²) in [4.78, 5) is 0.227. The van der Waals surface area contributed by atoms with Crippen LogP contribution in [0.5, 0.6) is 11.5 Å². The van der Waals surface area contributed by atoms with Gasteiger partial charge < -0.3 is 15.2 Å². The Morgan fingerprint density at radius 1 is 1.17 bits per heavy atom. The second-order valence-electron chi connectivity index (χ2n) is 5.48. The molecule has 1 unspecified atom stereocenters. The van der Waals surface area contributed by atoms with Crippen molar-refractivity contribution in [3.63, 3.8) is 0 Å². The zero-order chi connectivity index (χ0) is 16.9. The van der Waals surface area contributed by atoms with Crippen LogP contribution < -0.4 is 15.2 Å². The fourth-order valence-electron chi connectivity index (χ4n) is 2.85. The summed E-state index contributed by atoms with van der Waals surface area (Å²) in [6.45, 7) is 5.52. The standard InChI is InChI=1S/C16H26N2O4S.ClH/c1-3-21-15-9-8-14(11-16(15)22-4-2)23(19,20)18-10-6-5-7-13(18)12-17;/h8-9,11,13H,3-7,10,12,17H2,1-2H3;1H. The topological polar surface area (TPSA) is 81.9 Å². The molecule has 2 rings (SSSR count). The van der Waals surface area contributed by atoms with Gasteiger partial charge in [0, 0.05) is 25.2 Å². The molecule has 1 aliphatic heterocycles. The summed E-state index contributed by atoms with van der Waals surface area (Å²) in [5.41, 5.74) is 5.76. The van der Waals surface area contributed by atoms with Crippen molar-refractivity contribution in [3.05, 3.63) is 18.2 Å². The molecule has 1 saturated heterocycles. The van der Waals surface area contributed by atoms with Crippen LogP contribution in [-0.4, -0.2) is 45.1 Å². The average molecular weight is 379 g/mol. The van der Waals surface area contributed by atoms with Crippen LogP contribution in [0.4, 0.5) is 0 Å². The van der Waals surface area contributed by atoms with Crippen LogP contribution in [0.25, 0.3) is 0 Å². The molecule has 6 nitrogen and oxygen atoms in total. The summed E-state index contributed by atoms with van der Waals surface area (Å²) in [6.07, 6.45) is 2.69. The van der Waals surface area contributed by atoms with Gasteiger partial charge in [0.15, 0.2) is 11.5 Å². The predicted octanol–water partition coefficient (Wildman–Crippen LogP) is 2.41. The van der Waals surface area contributed by atoms with Gasteiger partial charge in [-0.3, -0.25) is 0 Å². The van der Waals surface area contributed by atoms with E-state index in [1.807, 2.05) is 13.8 Å². The van der Waals surface area contributed by atoms with Crippen molar-refractivity contribution < 1.29 is 17.9 Å². The minimum absolute atomic E-state index is 0. The number of sulfonamides is 1. The number of piperidine rings is 1. The molecule has 1 aromatic rings. The van der Waals surface area contributed by atoms with E-state index in [-0.39, 0.29) is 23.3 Å². The third-order valence-corrected chi connectivity index (χ3v) is 5.91. The molecule has 8 heteroatoms. The smallest absolute Gasteiger partial charge is 0.243 e. The first kappa shape index (κ1) is 21.0. The molecule has 24 heavy (non-hydrogen) atoms. The minimum atomic E-state index is -3.58. The lowest BCUT2D eigenvalue weighted by Crippen LogP contribution is -2.47. The van der Waals surface area contributed by atoms with Gasteiger partial charge in [-0.1, -0.05) is 6.42 Å². The number of ether oxygens (including phenoxy) is 2. The van der Waals surface area contributed by atoms with Crippen molar-refractivity contribution in [3.8, 4) is 11.5 Å². The van der Waals surface area contributed by atoms with Crippen LogP contribution in [0.1, 0.15) is 33.1 Å². The van der Waals surface area contributed by atoms with Gasteiger partial charge in [0.2, 0.25) is 10.0 Å². The van der Waals surface area contributed by atoms with Gasteiger partial charge in [0.05, 0.1) is 18.1 Å². The average Bonchev–Trinajstić information content (AvgIpc) is 2.56. The highest BCUT2D eigenvalue weighted by molar-refractivity contribution is 7.89. The summed E-state index contributed by atoms with van der Waals surface area (Å²) >= 11 is 0. The Bertz CT molecular complexity index is 625. The largest absolute Gasteiger partial charge is 0.490 e. The number of benzene rings is 1. The Kier molecular flexibility index (Phi) is 8.29. The first-order valence-electron chi connectivity index (χ1n) is 8.16. The molecule has 138 valence electrons. The lowest BCUT2D eigenvalue weighted by Gasteiger charge is -2.34. The molecule has 1 fully saturated rings. The normalized spacial score (nSPS) is 18.7. The number of rotatable bonds is 7. The summed E-state index contributed by atoms with van der Waals surface area (Å²) in [5.74, 6) is 1.01. The molecule has 0 bridgehead atoms. The molecular weight excluding hydrogens is 352 g/mol. The zero-order valence-corrected chi connectivity index (χ0v) is 15.9. The molecule has 1 atom stereocenters. The van der Waals surface area contributed by atoms with Crippen LogP contribution in [-0.2, 0) is 10.0 Å². The third-order valence-electron chi connectivity index (χ3n) is 3.97. The fourth-order valence-corrected chi connectivity index (χ4v) is 4.57. The summed E-state index contributed by atoms with van der Waals surface area (Å²) in [6, 6.07) is 4.65. The van der Waals surface area contributed by atoms with Crippen molar-refractivity contribution in [1.82, 2.24) is 4.31 Å². The maximum Gasteiger partial charge on any atom is 0.243 e. The van der Waals surface area contributed by atoms with Gasteiger partial charge in [-0.15, -0.1) is 12.4 Å². The van der Waals surface area contributed by atoms with E-state index in [1.165, 1.54) is 4.31 Å². The SMILES string of the molecule is CCOc1ccc(S(=O)(=O)N2CCCCC2CN)cc1OCC.Cl. The van der Waals surface area contributed by atoms with E-state index in [1.54, 1.807) is 18.2 Å². The number of hydrogen-bond donors (Lipinski definition) is 1. The molecule has 2 N–H and O–H groups in total. The number of halogens is 1. The molecule has 0 aromatic heterocycles. The first-order valence-corrected chi connectivity index (χ1v) is 9.60. The van der Waals surface area contributed by atoms with E-state index >= 15 is 0 Å². The van der Waals surface area contributed by atoms with Crippen molar-refractivity contribution in [1.29, 1.82) is 0 Å². The molecule has 0 amide bonds. The van der Waals surface area contributed by atoms with Crippen LogP contribution >= 0.6 is 12.4 Å². The highest BCUT2D eigenvalue weighted by Crippen LogP contribution is 2.33. The van der Waals surface area contributed by atoms with Crippen molar-refractivity contribution >= 4 is 22.4 Å². The molecular formula is C16H27ClN2O4S. The van der Waals surface area contributed by atoms with E-state index in [0.717, 1.165) is 19.3 Å². The number of nitrogens with two attached hydrogens (primary N) is 1. The molecule has 1 aromatic carbocycles. The summed E-state index contributed by atoms with van der Waals surface area (Å²) in [5, 5.41) is 0. The van der Waals surface area contributed by atoms with Crippen molar-refractivity contribution in [2.45, 2.75) is 44.0 Å². The van der Waals surface area contributed by atoms with Crippen molar-refractivity contribution in [2.24, 2.45) is 5.73 Å². The van der Waals surface area contributed by atoms with Crippen LogP contribution in [0.3, 0.4) is 0 Å². The van der Waals surface area contributed by atoms with Gasteiger partial charge in [0.25, 0.3) is 0 Å². The van der Waals surface area contributed by atoms with E-state index in [4.69, 9.17) is 15.2 Å². The third kappa shape index (κ3) is 4.53. The maximum atomic E-state index is 13.0. The lowest BCUT2D eigenvalue weighted by atomic mass is 10.1. The van der Waals surface area contributed by atoms with E-state index in [0.29, 0.717) is 37.8 Å². The minimum Gasteiger partial charge on any atom is -0.490 e. The van der Waals surface area contributed by atoms with Gasteiger partial charge in [-0.2, -0.15) is 4.31 Å². The molecule has 1 heterocycles. The second kappa shape index (κ2) is 9.46. The fraction of sp³-hybridized carbons (Fsp3) is 0.625. The molecule has 0 aliphatic carbocycles. The second-order valence-corrected chi connectivity index (χ2v) is 7.37. The highest BCUT2D eigenvalue weighted by atomic mass is 35.5. The van der Waals surface area contributed by atoms with E-state index in [9.17, 15) is 8.42 Å².